The van der Waals surface area contributed by atoms with Gasteiger partial charge in [0.15, 0.2) is 6.10 Å². The monoisotopic (exact) mass is 879 g/mol. The number of rotatable bonds is 47. The molecule has 0 aliphatic rings. The fraction of sp³-hybridized carbons (Fsp3) is 0.737. The molecule has 0 heterocycles. The lowest BCUT2D eigenvalue weighted by atomic mass is 10.1. The maximum Gasteiger partial charge on any atom is 0.306 e. The zero-order valence-electron chi connectivity index (χ0n) is 41.3. The Morgan fingerprint density at radius 1 is 0.317 bits per heavy atom. The molecule has 1 atom stereocenters. The molecular weight excluding hydrogens is 781 g/mol. The van der Waals surface area contributed by atoms with Gasteiger partial charge in [0.25, 0.3) is 0 Å². The lowest BCUT2D eigenvalue weighted by Crippen LogP contribution is -2.30. The Labute approximate surface area is 389 Å². The maximum atomic E-state index is 12.8. The Bertz CT molecular complexity index is 1190. The highest BCUT2D eigenvalue weighted by Crippen LogP contribution is 2.14. The first-order valence-corrected chi connectivity index (χ1v) is 26.4. The van der Waals surface area contributed by atoms with Gasteiger partial charge in [-0.15, -0.1) is 0 Å². The van der Waals surface area contributed by atoms with Gasteiger partial charge < -0.3 is 14.2 Å². The molecule has 0 fully saturated rings. The minimum atomic E-state index is -0.799. The average molecular weight is 879 g/mol. The molecule has 0 unspecified atom stereocenters. The van der Waals surface area contributed by atoms with E-state index in [1.54, 1.807) is 0 Å². The van der Waals surface area contributed by atoms with Gasteiger partial charge in [-0.3, -0.25) is 14.4 Å². The van der Waals surface area contributed by atoms with Crippen molar-refractivity contribution >= 4 is 17.9 Å². The Balaban J connectivity index is 4.46. The largest absolute Gasteiger partial charge is 0.462 e. The second-order valence-electron chi connectivity index (χ2n) is 17.4. The van der Waals surface area contributed by atoms with Gasteiger partial charge in [-0.25, -0.2) is 0 Å². The zero-order valence-corrected chi connectivity index (χ0v) is 41.3. The molecule has 0 N–H and O–H groups in total. The zero-order chi connectivity index (χ0) is 45.8. The number of hydrogen-bond donors (Lipinski definition) is 0. The van der Waals surface area contributed by atoms with Crippen molar-refractivity contribution in [3.05, 3.63) is 72.9 Å². The first-order chi connectivity index (χ1) is 31.0. The van der Waals surface area contributed by atoms with Crippen molar-refractivity contribution in [2.45, 2.75) is 258 Å². The smallest absolute Gasteiger partial charge is 0.306 e. The molecule has 6 heteroatoms. The van der Waals surface area contributed by atoms with Crippen LogP contribution in [-0.2, 0) is 28.6 Å². The van der Waals surface area contributed by atoms with E-state index in [2.05, 4.69) is 93.7 Å². The van der Waals surface area contributed by atoms with Crippen LogP contribution in [0.1, 0.15) is 252 Å². The molecular formula is C57H98O6. The van der Waals surface area contributed by atoms with Gasteiger partial charge in [-0.1, -0.05) is 216 Å². The van der Waals surface area contributed by atoms with Crippen LogP contribution in [0.2, 0.25) is 0 Å². The van der Waals surface area contributed by atoms with Gasteiger partial charge in [0.2, 0.25) is 0 Å². The Morgan fingerprint density at radius 3 is 0.984 bits per heavy atom. The molecule has 6 nitrogen and oxygen atoms in total. The molecule has 0 bridgehead atoms. The summed E-state index contributed by atoms with van der Waals surface area (Å²) in [6.45, 7) is 6.53. The van der Waals surface area contributed by atoms with Gasteiger partial charge in [0.05, 0.1) is 0 Å². The number of unbranched alkanes of at least 4 members (excludes halogenated alkanes) is 24. The second kappa shape index (κ2) is 51.5. The quantitative estimate of drug-likeness (QED) is 0.0262. The van der Waals surface area contributed by atoms with E-state index in [0.717, 1.165) is 77.0 Å². The minimum absolute atomic E-state index is 0.0942. The fourth-order valence-electron chi connectivity index (χ4n) is 7.17. The van der Waals surface area contributed by atoms with Crippen LogP contribution in [0.3, 0.4) is 0 Å². The molecule has 0 saturated heterocycles. The van der Waals surface area contributed by atoms with E-state index < -0.39 is 6.10 Å². The van der Waals surface area contributed by atoms with Crippen LogP contribution in [0.4, 0.5) is 0 Å². The summed E-state index contributed by atoms with van der Waals surface area (Å²) < 4.78 is 16.7. The first-order valence-electron chi connectivity index (χ1n) is 26.4. The van der Waals surface area contributed by atoms with Crippen LogP contribution >= 0.6 is 0 Å². The van der Waals surface area contributed by atoms with Gasteiger partial charge in [0.1, 0.15) is 13.2 Å². The number of allylic oxidation sites excluding steroid dienone is 12. The Morgan fingerprint density at radius 2 is 0.587 bits per heavy atom. The number of carbonyl (C=O) groups is 3. The molecule has 0 saturated carbocycles. The van der Waals surface area contributed by atoms with Crippen LogP contribution in [0.25, 0.3) is 0 Å². The van der Waals surface area contributed by atoms with E-state index >= 15 is 0 Å². The fourth-order valence-corrected chi connectivity index (χ4v) is 7.17. The third-order valence-electron chi connectivity index (χ3n) is 11.2. The van der Waals surface area contributed by atoms with Crippen LogP contribution < -0.4 is 0 Å². The van der Waals surface area contributed by atoms with Crippen molar-refractivity contribution in [2.75, 3.05) is 13.2 Å². The summed E-state index contributed by atoms with van der Waals surface area (Å²) in [7, 11) is 0. The lowest BCUT2D eigenvalue weighted by Gasteiger charge is -2.18. The molecule has 0 rings (SSSR count). The summed E-state index contributed by atoms with van der Waals surface area (Å²) in [5.41, 5.74) is 0. The molecule has 362 valence electrons. The minimum Gasteiger partial charge on any atom is -0.462 e. The number of hydrogen-bond acceptors (Lipinski definition) is 6. The van der Waals surface area contributed by atoms with E-state index in [0.29, 0.717) is 19.3 Å². The molecule has 0 aliphatic carbocycles. The van der Waals surface area contributed by atoms with Crippen molar-refractivity contribution < 1.29 is 28.6 Å². The van der Waals surface area contributed by atoms with Crippen LogP contribution in [0.5, 0.6) is 0 Å². The van der Waals surface area contributed by atoms with Gasteiger partial charge in [0, 0.05) is 19.3 Å². The summed E-state index contributed by atoms with van der Waals surface area (Å²) in [5.74, 6) is -0.959. The first kappa shape index (κ1) is 59.9. The normalized spacial score (nSPS) is 12.6. The van der Waals surface area contributed by atoms with Crippen molar-refractivity contribution in [1.82, 2.24) is 0 Å². The predicted octanol–water partition coefficient (Wildman–Crippen LogP) is 17.4. The van der Waals surface area contributed by atoms with Crippen molar-refractivity contribution in [3.63, 3.8) is 0 Å². The highest BCUT2D eigenvalue weighted by molar-refractivity contribution is 5.71. The molecule has 0 aromatic carbocycles. The SMILES string of the molecule is CCCCC/C=C\C/C=C\C/C=C\C/C=C\CCCC(=O)OC[C@@H](COC(=O)CCCCCCCCCCCCC)OC(=O)CCCCCCCCC/C=C\C/C=C\CCCCC. The number of esters is 3. The number of ether oxygens (including phenoxy) is 3. The summed E-state index contributed by atoms with van der Waals surface area (Å²) in [5, 5.41) is 0. The summed E-state index contributed by atoms with van der Waals surface area (Å²) in [6, 6.07) is 0. The van der Waals surface area contributed by atoms with Gasteiger partial charge in [-0.05, 0) is 89.9 Å². The Hall–Kier alpha value is -3.15. The van der Waals surface area contributed by atoms with Gasteiger partial charge in [-0.2, -0.15) is 0 Å². The van der Waals surface area contributed by atoms with Crippen LogP contribution in [0.15, 0.2) is 72.9 Å². The summed E-state index contributed by atoms with van der Waals surface area (Å²) in [6.07, 6.45) is 64.6. The molecule has 0 radical (unpaired) electrons. The topological polar surface area (TPSA) is 78.9 Å². The third-order valence-corrected chi connectivity index (χ3v) is 11.2. The summed E-state index contributed by atoms with van der Waals surface area (Å²) in [4.78, 5) is 38.0. The lowest BCUT2D eigenvalue weighted by molar-refractivity contribution is -0.167. The van der Waals surface area contributed by atoms with E-state index in [-0.39, 0.29) is 37.5 Å². The predicted molar refractivity (Wildman–Crippen MR) is 270 cm³/mol. The highest BCUT2D eigenvalue weighted by Gasteiger charge is 2.19. The van der Waals surface area contributed by atoms with Crippen LogP contribution in [0, 0.1) is 0 Å². The molecule has 0 aromatic heterocycles. The molecule has 0 amide bonds. The standard InChI is InChI=1S/C57H98O6/c1-4-7-10-13-16-19-22-24-26-28-30-32-35-38-41-44-47-50-56(59)62-53-54(52-61-55(58)49-46-43-40-37-34-21-18-15-12-9-6-3)63-57(60)51-48-45-42-39-36-33-31-29-27-25-23-20-17-14-11-8-5-2/h16-17,19-20,24-27,30,32,38,41,54H,4-15,18,21-23,28-29,31,33-37,39-40,42-53H2,1-3H3/b19-16-,20-17-,26-24-,27-25-,32-30-,41-38-/t54-/m1/s1. The molecule has 0 aliphatic heterocycles. The third kappa shape index (κ3) is 49.7. The van der Waals surface area contributed by atoms with Gasteiger partial charge >= 0.3 is 17.9 Å². The van der Waals surface area contributed by atoms with Crippen molar-refractivity contribution in [2.24, 2.45) is 0 Å². The van der Waals surface area contributed by atoms with Crippen molar-refractivity contribution in [3.8, 4) is 0 Å². The highest BCUT2D eigenvalue weighted by atomic mass is 16.6. The van der Waals surface area contributed by atoms with E-state index in [9.17, 15) is 14.4 Å². The molecule has 0 spiro atoms. The summed E-state index contributed by atoms with van der Waals surface area (Å²) >= 11 is 0. The van der Waals surface area contributed by atoms with E-state index in [4.69, 9.17) is 14.2 Å². The average Bonchev–Trinajstić information content (AvgIpc) is 3.28. The van der Waals surface area contributed by atoms with Crippen molar-refractivity contribution in [1.29, 1.82) is 0 Å². The van der Waals surface area contributed by atoms with E-state index in [1.165, 1.54) is 128 Å². The van der Waals surface area contributed by atoms with E-state index in [1.807, 2.05) is 0 Å². The molecule has 63 heavy (non-hydrogen) atoms. The van der Waals surface area contributed by atoms with Crippen LogP contribution in [-0.4, -0.2) is 37.2 Å². The number of carbonyl (C=O) groups excluding carboxylic acids is 3. The molecule has 0 aromatic rings. The Kier molecular flexibility index (Phi) is 48.9. The maximum absolute atomic E-state index is 12.8. The second-order valence-corrected chi connectivity index (χ2v) is 17.4.